The van der Waals surface area contributed by atoms with Crippen LogP contribution in [0, 0.1) is 23.2 Å². The Labute approximate surface area is 184 Å². The SMILES string of the molecule is N#CC1CCCN1C(=O)CNC12CC3CC(C1)CC(Nc1nccc(C(F)(F)F)n1)(C3)C2. The molecule has 0 spiro atoms. The van der Waals surface area contributed by atoms with Gasteiger partial charge in [0.2, 0.25) is 11.9 Å². The largest absolute Gasteiger partial charge is 0.433 e. The maximum absolute atomic E-state index is 13.1. The van der Waals surface area contributed by atoms with Gasteiger partial charge in [-0.25, -0.2) is 9.97 Å². The lowest BCUT2D eigenvalue weighted by molar-refractivity contribution is -0.141. The summed E-state index contributed by atoms with van der Waals surface area (Å²) in [6, 6.07) is 2.75. The molecule has 4 bridgehead atoms. The Kier molecular flexibility index (Phi) is 5.08. The number of hydrogen-bond acceptors (Lipinski definition) is 6. The fourth-order valence-electron chi connectivity index (χ4n) is 6.99. The first-order valence-corrected chi connectivity index (χ1v) is 11.3. The zero-order chi connectivity index (χ0) is 22.6. The quantitative estimate of drug-likeness (QED) is 0.719. The van der Waals surface area contributed by atoms with Gasteiger partial charge in [-0.1, -0.05) is 0 Å². The van der Waals surface area contributed by atoms with Gasteiger partial charge in [-0.2, -0.15) is 18.4 Å². The molecule has 5 aliphatic rings. The third kappa shape index (κ3) is 3.91. The molecule has 4 aliphatic carbocycles. The third-order valence-electron chi connectivity index (χ3n) is 7.72. The number of anilines is 1. The van der Waals surface area contributed by atoms with Crippen LogP contribution in [0.15, 0.2) is 12.3 Å². The average molecular weight is 448 g/mol. The number of hydrogen-bond donors (Lipinski definition) is 2. The number of halogens is 3. The maximum atomic E-state index is 13.1. The molecule has 2 heterocycles. The Morgan fingerprint density at radius 1 is 1.25 bits per heavy atom. The van der Waals surface area contributed by atoms with Crippen molar-refractivity contribution >= 4 is 11.9 Å². The van der Waals surface area contributed by atoms with E-state index in [1.807, 2.05) is 0 Å². The van der Waals surface area contributed by atoms with Gasteiger partial charge in [-0.15, -0.1) is 0 Å². The van der Waals surface area contributed by atoms with Crippen molar-refractivity contribution in [1.82, 2.24) is 20.2 Å². The van der Waals surface area contributed by atoms with E-state index in [2.05, 4.69) is 26.7 Å². The van der Waals surface area contributed by atoms with E-state index in [1.54, 1.807) is 4.90 Å². The number of nitrogens with one attached hydrogen (secondary N) is 2. The lowest BCUT2D eigenvalue weighted by Gasteiger charge is -2.62. The van der Waals surface area contributed by atoms with Crippen LogP contribution in [-0.2, 0) is 11.0 Å². The molecule has 32 heavy (non-hydrogen) atoms. The first-order chi connectivity index (χ1) is 15.2. The highest BCUT2D eigenvalue weighted by molar-refractivity contribution is 5.79. The van der Waals surface area contributed by atoms with E-state index in [-0.39, 0.29) is 35.5 Å². The van der Waals surface area contributed by atoms with Crippen LogP contribution >= 0.6 is 0 Å². The summed E-state index contributed by atoms with van der Waals surface area (Å²) in [6.45, 7) is 0.809. The van der Waals surface area contributed by atoms with Crippen molar-refractivity contribution in [2.24, 2.45) is 11.8 Å². The van der Waals surface area contributed by atoms with E-state index in [9.17, 15) is 23.2 Å². The van der Waals surface area contributed by atoms with Crippen LogP contribution in [0.3, 0.4) is 0 Å². The standard InChI is InChI=1S/C22H27F3N6O/c23-22(24,25)17-3-4-27-19(29-17)30-21-9-14-6-15(10-21)8-20(7-14,13-21)28-12-18(32)31-5-1-2-16(31)11-26/h3-4,14-16,28H,1-2,5-10,12-13H2,(H,27,29,30). The summed E-state index contributed by atoms with van der Waals surface area (Å²) in [7, 11) is 0. The number of carbonyl (C=O) groups is 1. The Balaban J connectivity index is 1.31. The van der Waals surface area contributed by atoms with Gasteiger partial charge in [0.05, 0.1) is 12.6 Å². The lowest BCUT2D eigenvalue weighted by Crippen LogP contribution is -2.67. The summed E-state index contributed by atoms with van der Waals surface area (Å²) in [5, 5.41) is 16.1. The number of carbonyl (C=O) groups excluding carboxylic acids is 1. The zero-order valence-electron chi connectivity index (χ0n) is 17.8. The highest BCUT2D eigenvalue weighted by atomic mass is 19.4. The number of nitriles is 1. The van der Waals surface area contributed by atoms with Crippen molar-refractivity contribution in [2.45, 2.75) is 74.7 Å². The summed E-state index contributed by atoms with van der Waals surface area (Å²) in [5.41, 5.74) is -1.54. The molecule has 3 unspecified atom stereocenters. The van der Waals surface area contributed by atoms with Crippen LogP contribution in [0.25, 0.3) is 0 Å². The molecule has 1 saturated heterocycles. The number of alkyl halides is 3. The minimum Gasteiger partial charge on any atom is -0.349 e. The van der Waals surface area contributed by atoms with Crippen LogP contribution in [0.4, 0.5) is 19.1 Å². The van der Waals surface area contributed by atoms with Gasteiger partial charge in [0.1, 0.15) is 11.7 Å². The number of likely N-dealkylation sites (tertiary alicyclic amines) is 1. The Hall–Kier alpha value is -2.41. The summed E-state index contributed by atoms with van der Waals surface area (Å²) < 4.78 is 39.3. The maximum Gasteiger partial charge on any atom is 0.433 e. The van der Waals surface area contributed by atoms with Gasteiger partial charge in [0.15, 0.2) is 0 Å². The second-order valence-corrected chi connectivity index (χ2v) is 10.1. The first-order valence-electron chi connectivity index (χ1n) is 11.3. The van der Waals surface area contributed by atoms with Crippen LogP contribution in [-0.4, -0.2) is 51.0 Å². The fraction of sp³-hybridized carbons (Fsp3) is 0.727. The van der Waals surface area contributed by atoms with E-state index < -0.39 is 11.9 Å². The molecule has 4 saturated carbocycles. The second-order valence-electron chi connectivity index (χ2n) is 10.1. The number of aromatic nitrogens is 2. The van der Waals surface area contributed by atoms with Crippen molar-refractivity contribution in [3.8, 4) is 6.07 Å². The summed E-state index contributed by atoms with van der Waals surface area (Å²) in [4.78, 5) is 22.2. The van der Waals surface area contributed by atoms with E-state index in [4.69, 9.17) is 0 Å². The number of nitrogens with zero attached hydrogens (tertiary/aromatic N) is 4. The van der Waals surface area contributed by atoms with E-state index >= 15 is 0 Å². The summed E-state index contributed by atoms with van der Waals surface area (Å²) in [6.07, 6.45) is 3.73. The monoisotopic (exact) mass is 448 g/mol. The average Bonchev–Trinajstić information content (AvgIpc) is 3.19. The highest BCUT2D eigenvalue weighted by Gasteiger charge is 2.58. The van der Waals surface area contributed by atoms with Crippen LogP contribution in [0.2, 0.25) is 0 Å². The Bertz CT molecular complexity index is 930. The molecule has 3 atom stereocenters. The molecule has 1 aromatic heterocycles. The lowest BCUT2D eigenvalue weighted by atomic mass is 9.50. The number of rotatable bonds is 5. The molecule has 1 aliphatic heterocycles. The molecule has 172 valence electrons. The van der Waals surface area contributed by atoms with Gasteiger partial charge in [0.25, 0.3) is 0 Å². The van der Waals surface area contributed by atoms with Crippen LogP contribution < -0.4 is 10.6 Å². The molecule has 7 nitrogen and oxygen atoms in total. The Morgan fingerprint density at radius 3 is 2.66 bits per heavy atom. The second kappa shape index (κ2) is 7.58. The highest BCUT2D eigenvalue weighted by Crippen LogP contribution is 2.58. The summed E-state index contributed by atoms with van der Waals surface area (Å²) >= 11 is 0. The van der Waals surface area contributed by atoms with Crippen LogP contribution in [0.1, 0.15) is 57.1 Å². The topological polar surface area (TPSA) is 93.9 Å². The molecule has 0 aromatic carbocycles. The smallest absolute Gasteiger partial charge is 0.349 e. The van der Waals surface area contributed by atoms with Gasteiger partial charge in [0, 0.05) is 23.8 Å². The molecule has 6 rings (SSSR count). The minimum absolute atomic E-state index is 0.0157. The first kappa shape index (κ1) is 21.4. The molecule has 1 amide bonds. The van der Waals surface area contributed by atoms with E-state index in [1.165, 1.54) is 0 Å². The van der Waals surface area contributed by atoms with Crippen molar-refractivity contribution in [2.75, 3.05) is 18.4 Å². The predicted molar refractivity (Wildman–Crippen MR) is 109 cm³/mol. The molecule has 5 fully saturated rings. The van der Waals surface area contributed by atoms with Crippen molar-refractivity contribution < 1.29 is 18.0 Å². The van der Waals surface area contributed by atoms with Gasteiger partial charge in [-0.05, 0) is 69.3 Å². The van der Waals surface area contributed by atoms with Gasteiger partial charge < -0.3 is 15.5 Å². The van der Waals surface area contributed by atoms with E-state index in [0.29, 0.717) is 18.4 Å². The van der Waals surface area contributed by atoms with Crippen molar-refractivity contribution in [1.29, 1.82) is 5.26 Å². The fourth-order valence-corrected chi connectivity index (χ4v) is 6.99. The normalized spacial score (nSPS) is 35.7. The van der Waals surface area contributed by atoms with Crippen molar-refractivity contribution in [3.05, 3.63) is 18.0 Å². The number of amides is 1. The van der Waals surface area contributed by atoms with Gasteiger partial charge >= 0.3 is 6.18 Å². The van der Waals surface area contributed by atoms with Gasteiger partial charge in [-0.3, -0.25) is 4.79 Å². The molecular formula is C22H27F3N6O. The predicted octanol–water partition coefficient (Wildman–Crippen LogP) is 3.10. The Morgan fingerprint density at radius 2 is 1.97 bits per heavy atom. The van der Waals surface area contributed by atoms with Crippen LogP contribution in [0.5, 0.6) is 0 Å². The van der Waals surface area contributed by atoms with E-state index in [0.717, 1.165) is 63.6 Å². The van der Waals surface area contributed by atoms with Crippen molar-refractivity contribution in [3.63, 3.8) is 0 Å². The third-order valence-corrected chi connectivity index (χ3v) is 7.72. The summed E-state index contributed by atoms with van der Waals surface area (Å²) in [5.74, 6) is 0.876. The minimum atomic E-state index is -4.51. The molecule has 1 aromatic rings. The molecule has 10 heteroatoms. The molecular weight excluding hydrogens is 421 g/mol. The molecule has 0 radical (unpaired) electrons. The molecule has 2 N–H and O–H groups in total. The zero-order valence-corrected chi connectivity index (χ0v) is 17.8.